The molecule has 4 heteroatoms. The second-order valence-corrected chi connectivity index (χ2v) is 12.3. The van der Waals surface area contributed by atoms with Gasteiger partial charge in [-0.2, -0.15) is 0 Å². The number of rotatable bonds is 14. The fourth-order valence-electron chi connectivity index (χ4n) is 6.10. The molecule has 4 N–H and O–H groups in total. The molecule has 0 aliphatic carbocycles. The van der Waals surface area contributed by atoms with Crippen molar-refractivity contribution in [3.8, 4) is 0 Å². The van der Waals surface area contributed by atoms with Crippen LogP contribution < -0.4 is 0 Å². The van der Waals surface area contributed by atoms with E-state index in [4.69, 9.17) is 0 Å². The molecule has 0 radical (unpaired) electrons. The van der Waals surface area contributed by atoms with Crippen molar-refractivity contribution in [2.75, 3.05) is 19.8 Å². The summed E-state index contributed by atoms with van der Waals surface area (Å²) in [7, 11) is 0. The van der Waals surface area contributed by atoms with Gasteiger partial charge in [0.15, 0.2) is 0 Å². The predicted octanol–water partition coefficient (Wildman–Crippen LogP) is 7.56. The Bertz CT molecular complexity index is 940. The van der Waals surface area contributed by atoms with Crippen molar-refractivity contribution in [2.24, 2.45) is 5.41 Å². The fraction of sp³-hybridized carbons (Fsp3) is 0.657. The number of hydrogen-bond acceptors (Lipinski definition) is 4. The quantitative estimate of drug-likeness (QED) is 0.199. The third-order valence-electron chi connectivity index (χ3n) is 9.66. The predicted molar refractivity (Wildman–Crippen MR) is 164 cm³/mol. The first-order valence-corrected chi connectivity index (χ1v) is 15.2. The minimum atomic E-state index is -1.83. The molecule has 2 aromatic carbocycles. The Hall–Kier alpha value is -1.72. The molecule has 0 aliphatic rings. The summed E-state index contributed by atoms with van der Waals surface area (Å²) >= 11 is 0. The lowest BCUT2D eigenvalue weighted by molar-refractivity contribution is -0.137. The highest BCUT2D eigenvalue weighted by atomic mass is 16.3. The molecule has 4 unspecified atom stereocenters. The van der Waals surface area contributed by atoms with Gasteiger partial charge in [-0.1, -0.05) is 90.8 Å². The van der Waals surface area contributed by atoms with E-state index in [1.807, 2.05) is 0 Å². The normalized spacial score (nSPS) is 17.0. The molecule has 0 saturated carbocycles. The van der Waals surface area contributed by atoms with Crippen molar-refractivity contribution in [3.63, 3.8) is 0 Å². The van der Waals surface area contributed by atoms with Crippen molar-refractivity contribution in [1.82, 2.24) is 0 Å². The number of aliphatic hydroxyl groups is 4. The lowest BCUT2D eigenvalue weighted by atomic mass is 9.59. The Balaban J connectivity index is 3.43. The van der Waals surface area contributed by atoms with Gasteiger partial charge in [0, 0.05) is 0 Å². The fourth-order valence-corrected chi connectivity index (χ4v) is 6.10. The van der Waals surface area contributed by atoms with E-state index in [0.29, 0.717) is 0 Å². The largest absolute Gasteiger partial charge is 0.395 e. The van der Waals surface area contributed by atoms with E-state index in [1.54, 1.807) is 0 Å². The van der Waals surface area contributed by atoms with Gasteiger partial charge in [-0.05, 0) is 96.6 Å². The summed E-state index contributed by atoms with van der Waals surface area (Å²) in [6.45, 7) is 19.8. The number of hydrogen-bond donors (Lipinski definition) is 4. The van der Waals surface area contributed by atoms with Gasteiger partial charge in [-0.25, -0.2) is 0 Å². The molecule has 0 aromatic heterocycles. The average Bonchev–Trinajstić information content (AvgIpc) is 2.95. The van der Waals surface area contributed by atoms with Gasteiger partial charge >= 0.3 is 0 Å². The summed E-state index contributed by atoms with van der Waals surface area (Å²) in [5.41, 5.74) is 4.45. The molecule has 4 atom stereocenters. The molecule has 0 saturated heterocycles. The molecule has 0 amide bonds. The first kappa shape index (κ1) is 33.5. The van der Waals surface area contributed by atoms with Crippen LogP contribution in [0.25, 0.3) is 0 Å². The Morgan fingerprint density at radius 2 is 0.769 bits per heavy atom. The highest BCUT2D eigenvalue weighted by Gasteiger charge is 2.56. The topological polar surface area (TPSA) is 80.9 Å². The van der Waals surface area contributed by atoms with Crippen LogP contribution in [0.1, 0.15) is 149 Å². The van der Waals surface area contributed by atoms with E-state index in [2.05, 4.69) is 93.5 Å². The van der Waals surface area contributed by atoms with E-state index < -0.39 is 30.8 Å². The summed E-state index contributed by atoms with van der Waals surface area (Å²) < 4.78 is 0. The van der Waals surface area contributed by atoms with Crippen LogP contribution in [0, 0.1) is 19.3 Å². The molecule has 0 spiro atoms. The van der Waals surface area contributed by atoms with Gasteiger partial charge in [0.25, 0.3) is 0 Å². The molecule has 2 rings (SSSR count). The van der Waals surface area contributed by atoms with Gasteiger partial charge in [0.2, 0.25) is 0 Å². The van der Waals surface area contributed by atoms with Crippen LogP contribution >= 0.6 is 0 Å². The molecule has 39 heavy (non-hydrogen) atoms. The van der Waals surface area contributed by atoms with E-state index in [9.17, 15) is 20.4 Å². The molecule has 2 aromatic rings. The van der Waals surface area contributed by atoms with Gasteiger partial charge in [0.1, 0.15) is 5.60 Å². The minimum Gasteiger partial charge on any atom is -0.395 e. The SMILES string of the molecule is CCC(C)c1cc(C)cc(C(C)CC)c1C(O)(c1c(C(C)CC)cc(C)cc1C(C)CC)C(CO)(CO)CO. The minimum absolute atomic E-state index is 0.132. The monoisotopic (exact) mass is 540 g/mol. The number of aliphatic hydroxyl groups excluding tert-OH is 3. The summed E-state index contributed by atoms with van der Waals surface area (Å²) in [5.74, 6) is 0.528. The smallest absolute Gasteiger partial charge is 0.128 e. The van der Waals surface area contributed by atoms with Crippen LogP contribution in [0.4, 0.5) is 0 Å². The number of benzene rings is 2. The van der Waals surface area contributed by atoms with Crippen molar-refractivity contribution in [3.05, 3.63) is 68.8 Å². The van der Waals surface area contributed by atoms with Crippen molar-refractivity contribution >= 4 is 0 Å². The zero-order chi connectivity index (χ0) is 29.7. The van der Waals surface area contributed by atoms with Crippen LogP contribution in [0.3, 0.4) is 0 Å². The lowest BCUT2D eigenvalue weighted by Gasteiger charge is -2.50. The third kappa shape index (κ3) is 6.00. The Morgan fingerprint density at radius 1 is 0.538 bits per heavy atom. The van der Waals surface area contributed by atoms with Crippen LogP contribution in [0.5, 0.6) is 0 Å². The Labute approximate surface area is 238 Å². The highest BCUT2D eigenvalue weighted by molar-refractivity contribution is 5.58. The molecule has 4 nitrogen and oxygen atoms in total. The zero-order valence-corrected chi connectivity index (χ0v) is 26.4. The average molecular weight is 541 g/mol. The van der Waals surface area contributed by atoms with Crippen LogP contribution in [0.15, 0.2) is 24.3 Å². The van der Waals surface area contributed by atoms with Crippen molar-refractivity contribution < 1.29 is 20.4 Å². The van der Waals surface area contributed by atoms with Crippen LogP contribution in [0.2, 0.25) is 0 Å². The van der Waals surface area contributed by atoms with Crippen molar-refractivity contribution in [1.29, 1.82) is 0 Å². The molecule has 0 aliphatic heterocycles. The maximum absolute atomic E-state index is 13.7. The van der Waals surface area contributed by atoms with Crippen LogP contribution in [-0.4, -0.2) is 40.2 Å². The number of aryl methyl sites for hydroxylation is 2. The summed E-state index contributed by atoms with van der Waals surface area (Å²) in [6.07, 6.45) is 3.50. The Kier molecular flexibility index (Phi) is 11.8. The highest BCUT2D eigenvalue weighted by Crippen LogP contribution is 2.54. The molecule has 0 bridgehead atoms. The first-order chi connectivity index (χ1) is 18.4. The molecular formula is C35H56O4. The molecule has 0 heterocycles. The Morgan fingerprint density at radius 3 is 0.949 bits per heavy atom. The molecular weight excluding hydrogens is 484 g/mol. The lowest BCUT2D eigenvalue weighted by Crippen LogP contribution is -2.56. The van der Waals surface area contributed by atoms with E-state index in [0.717, 1.165) is 70.2 Å². The summed E-state index contributed by atoms with van der Waals surface area (Å²) in [5, 5.41) is 46.7. The van der Waals surface area contributed by atoms with Gasteiger partial charge < -0.3 is 20.4 Å². The maximum atomic E-state index is 13.7. The van der Waals surface area contributed by atoms with Crippen molar-refractivity contribution in [2.45, 2.75) is 124 Å². The summed E-state index contributed by atoms with van der Waals surface area (Å²) in [6, 6.07) is 8.66. The molecule has 0 fully saturated rings. The van der Waals surface area contributed by atoms with E-state index in [-0.39, 0.29) is 23.7 Å². The maximum Gasteiger partial charge on any atom is 0.128 e. The van der Waals surface area contributed by atoms with Gasteiger partial charge in [-0.3, -0.25) is 0 Å². The van der Waals surface area contributed by atoms with E-state index >= 15 is 0 Å². The van der Waals surface area contributed by atoms with Crippen LogP contribution in [-0.2, 0) is 5.60 Å². The first-order valence-electron chi connectivity index (χ1n) is 15.2. The zero-order valence-electron chi connectivity index (χ0n) is 26.4. The second kappa shape index (κ2) is 13.8. The second-order valence-electron chi connectivity index (χ2n) is 12.3. The van der Waals surface area contributed by atoms with E-state index in [1.165, 1.54) is 0 Å². The van der Waals surface area contributed by atoms with Gasteiger partial charge in [-0.15, -0.1) is 0 Å². The standard InChI is InChI=1S/C35H56O4/c1-11-24(7)28-15-22(5)16-29(25(8)12-2)32(28)35(39,34(19-36,20-37)21-38)33-30(26(9)13-3)17-23(6)18-31(33)27(10)14-4/h15-18,24-27,36-39H,11-14,19-21H2,1-10H3. The molecule has 220 valence electrons. The summed E-state index contributed by atoms with van der Waals surface area (Å²) in [4.78, 5) is 0. The third-order valence-corrected chi connectivity index (χ3v) is 9.66. The van der Waals surface area contributed by atoms with Gasteiger partial charge in [0.05, 0.1) is 25.2 Å².